The summed E-state index contributed by atoms with van der Waals surface area (Å²) >= 11 is 1.16. The molecule has 0 bridgehead atoms. The number of thiazole rings is 1. The van der Waals surface area contributed by atoms with Crippen molar-refractivity contribution in [3.63, 3.8) is 0 Å². The van der Waals surface area contributed by atoms with Gasteiger partial charge in [0.15, 0.2) is 10.9 Å². The quantitative estimate of drug-likeness (QED) is 0.644. The summed E-state index contributed by atoms with van der Waals surface area (Å²) in [6, 6.07) is 4.74. The van der Waals surface area contributed by atoms with Crippen LogP contribution in [0, 0.1) is 23.3 Å². The monoisotopic (exact) mass is 410 g/mol. The maximum atomic E-state index is 13.8. The molecule has 0 saturated carbocycles. The molecule has 1 aliphatic heterocycles. The van der Waals surface area contributed by atoms with Gasteiger partial charge in [0.05, 0.1) is 4.70 Å². The second-order valence-corrected chi connectivity index (χ2v) is 7.24. The first kappa shape index (κ1) is 18.5. The lowest BCUT2D eigenvalue weighted by Crippen LogP contribution is -2.50. The molecule has 2 amide bonds. The number of aromatic nitrogens is 1. The molecule has 1 aliphatic rings. The van der Waals surface area contributed by atoms with Crippen molar-refractivity contribution in [1.29, 1.82) is 0 Å². The van der Waals surface area contributed by atoms with Crippen LogP contribution in [-0.4, -0.2) is 42.1 Å². The standard InChI is InChI=1S/C18H14F4N4OS/c19-10-8-13(22)16-14(9-10)28-18(24-16)26-6-4-25(5-7-26)17(27)23-15-11(20)2-1-3-12(15)21/h1-3,8-9H,4-7H2,(H,23,27). The van der Waals surface area contributed by atoms with Crippen LogP contribution in [0.4, 0.5) is 33.2 Å². The fourth-order valence-corrected chi connectivity index (χ4v) is 4.04. The fourth-order valence-electron chi connectivity index (χ4n) is 2.98. The lowest BCUT2D eigenvalue weighted by molar-refractivity contribution is 0.208. The summed E-state index contributed by atoms with van der Waals surface area (Å²) in [6.45, 7) is 1.37. The van der Waals surface area contributed by atoms with Gasteiger partial charge < -0.3 is 15.1 Å². The highest BCUT2D eigenvalue weighted by molar-refractivity contribution is 7.22. The molecule has 4 rings (SSSR count). The Kier molecular flexibility index (Phi) is 4.80. The van der Waals surface area contributed by atoms with Gasteiger partial charge in [0.25, 0.3) is 0 Å². The van der Waals surface area contributed by atoms with E-state index in [1.807, 2.05) is 4.90 Å². The maximum absolute atomic E-state index is 13.8. The SMILES string of the molecule is O=C(Nc1c(F)cccc1F)N1CCN(c2nc3c(F)cc(F)cc3s2)CC1. The lowest BCUT2D eigenvalue weighted by Gasteiger charge is -2.34. The fraction of sp³-hybridized carbons (Fsp3) is 0.222. The second-order valence-electron chi connectivity index (χ2n) is 6.23. The minimum absolute atomic E-state index is 0.108. The molecule has 0 radical (unpaired) electrons. The molecule has 5 nitrogen and oxygen atoms in total. The molecule has 1 saturated heterocycles. The Labute approximate surface area is 161 Å². The number of piperazine rings is 1. The van der Waals surface area contributed by atoms with E-state index in [1.165, 1.54) is 17.0 Å². The molecule has 2 heterocycles. The summed E-state index contributed by atoms with van der Waals surface area (Å²) in [6.07, 6.45) is 0. The minimum atomic E-state index is -0.851. The van der Waals surface area contributed by atoms with Crippen molar-refractivity contribution in [1.82, 2.24) is 9.88 Å². The third kappa shape index (κ3) is 3.47. The number of benzene rings is 2. The first-order valence-corrected chi connectivity index (χ1v) is 9.24. The highest BCUT2D eigenvalue weighted by Gasteiger charge is 2.25. The van der Waals surface area contributed by atoms with E-state index >= 15 is 0 Å². The predicted octanol–water partition coefficient (Wildman–Crippen LogP) is 4.21. The molecule has 1 aromatic heterocycles. The van der Waals surface area contributed by atoms with E-state index in [-0.39, 0.29) is 18.6 Å². The molecule has 28 heavy (non-hydrogen) atoms. The first-order valence-electron chi connectivity index (χ1n) is 8.43. The Morgan fingerprint density at radius 1 is 1.00 bits per heavy atom. The molecular formula is C18H14F4N4OS. The Bertz CT molecular complexity index is 1030. The number of urea groups is 1. The molecule has 0 unspecified atom stereocenters. The van der Waals surface area contributed by atoms with E-state index in [1.54, 1.807) is 0 Å². The Morgan fingerprint density at radius 2 is 1.68 bits per heavy atom. The number of carbonyl (C=O) groups excluding carboxylic acids is 1. The van der Waals surface area contributed by atoms with E-state index in [0.717, 1.165) is 29.5 Å². The molecule has 0 atom stereocenters. The normalized spacial score (nSPS) is 14.6. The number of carbonyl (C=O) groups is 1. The number of rotatable bonds is 2. The molecular weight excluding hydrogens is 396 g/mol. The molecule has 0 aliphatic carbocycles. The summed E-state index contributed by atoms with van der Waals surface area (Å²) in [5.41, 5.74) is -0.379. The summed E-state index contributed by atoms with van der Waals surface area (Å²) in [7, 11) is 0. The van der Waals surface area contributed by atoms with Gasteiger partial charge in [-0.05, 0) is 18.2 Å². The van der Waals surface area contributed by atoms with Crippen molar-refractivity contribution in [3.8, 4) is 0 Å². The molecule has 10 heteroatoms. The van der Waals surface area contributed by atoms with E-state index in [0.29, 0.717) is 22.9 Å². The zero-order valence-electron chi connectivity index (χ0n) is 14.4. The van der Waals surface area contributed by atoms with Crippen molar-refractivity contribution < 1.29 is 22.4 Å². The van der Waals surface area contributed by atoms with Gasteiger partial charge in [-0.2, -0.15) is 0 Å². The van der Waals surface area contributed by atoms with E-state index in [2.05, 4.69) is 10.3 Å². The summed E-state index contributed by atoms with van der Waals surface area (Å²) in [4.78, 5) is 19.8. The molecule has 1 N–H and O–H groups in total. The van der Waals surface area contributed by atoms with Gasteiger partial charge in [-0.15, -0.1) is 0 Å². The van der Waals surface area contributed by atoms with Crippen LogP contribution in [-0.2, 0) is 0 Å². The van der Waals surface area contributed by atoms with Crippen molar-refractivity contribution in [2.45, 2.75) is 0 Å². The van der Waals surface area contributed by atoms with Gasteiger partial charge in [0.2, 0.25) is 0 Å². The smallest absolute Gasteiger partial charge is 0.322 e. The maximum Gasteiger partial charge on any atom is 0.322 e. The van der Waals surface area contributed by atoms with Gasteiger partial charge in [-0.25, -0.2) is 27.3 Å². The van der Waals surface area contributed by atoms with E-state index in [9.17, 15) is 22.4 Å². The molecule has 3 aromatic rings. The van der Waals surface area contributed by atoms with Crippen LogP contribution in [0.25, 0.3) is 10.2 Å². The summed E-state index contributed by atoms with van der Waals surface area (Å²) in [5, 5.41) is 2.78. The first-order chi connectivity index (χ1) is 13.4. The Hall–Kier alpha value is -2.88. The number of nitrogens with zero attached hydrogens (tertiary/aromatic N) is 3. The van der Waals surface area contributed by atoms with Crippen LogP contribution in [0.3, 0.4) is 0 Å². The van der Waals surface area contributed by atoms with Gasteiger partial charge in [0, 0.05) is 32.2 Å². The second kappa shape index (κ2) is 7.27. The van der Waals surface area contributed by atoms with Crippen LogP contribution in [0.1, 0.15) is 0 Å². The average Bonchev–Trinajstić information content (AvgIpc) is 3.09. The van der Waals surface area contributed by atoms with Crippen LogP contribution in [0.15, 0.2) is 30.3 Å². The van der Waals surface area contributed by atoms with Gasteiger partial charge in [0.1, 0.15) is 28.7 Å². The van der Waals surface area contributed by atoms with Gasteiger partial charge >= 0.3 is 6.03 Å². The Balaban J connectivity index is 1.43. The number of hydrogen-bond acceptors (Lipinski definition) is 4. The number of fused-ring (bicyclic) bond motifs is 1. The van der Waals surface area contributed by atoms with Crippen LogP contribution in [0.5, 0.6) is 0 Å². The lowest BCUT2D eigenvalue weighted by atomic mass is 10.3. The zero-order valence-corrected chi connectivity index (χ0v) is 15.2. The number of halogens is 4. The van der Waals surface area contributed by atoms with Gasteiger partial charge in [-0.3, -0.25) is 0 Å². The van der Waals surface area contributed by atoms with Crippen LogP contribution in [0.2, 0.25) is 0 Å². The number of anilines is 2. The number of hydrogen-bond donors (Lipinski definition) is 1. The molecule has 0 spiro atoms. The summed E-state index contributed by atoms with van der Waals surface area (Å²) < 4.78 is 54.9. The largest absolute Gasteiger partial charge is 0.345 e. The van der Waals surface area contributed by atoms with E-state index < -0.39 is 35.0 Å². The number of para-hydroxylation sites is 1. The minimum Gasteiger partial charge on any atom is -0.345 e. The van der Waals surface area contributed by atoms with Crippen molar-refractivity contribution >= 4 is 38.4 Å². The molecule has 146 valence electrons. The van der Waals surface area contributed by atoms with Crippen molar-refractivity contribution in [2.75, 3.05) is 36.4 Å². The Morgan fingerprint density at radius 3 is 2.36 bits per heavy atom. The summed E-state index contributed by atoms with van der Waals surface area (Å²) in [5.74, 6) is -3.09. The topological polar surface area (TPSA) is 48.5 Å². The average molecular weight is 410 g/mol. The number of amides is 2. The van der Waals surface area contributed by atoms with Crippen molar-refractivity contribution in [3.05, 3.63) is 53.6 Å². The van der Waals surface area contributed by atoms with Crippen LogP contribution < -0.4 is 10.2 Å². The third-order valence-electron chi connectivity index (χ3n) is 4.43. The van der Waals surface area contributed by atoms with Crippen LogP contribution >= 0.6 is 11.3 Å². The highest BCUT2D eigenvalue weighted by atomic mass is 32.1. The molecule has 2 aromatic carbocycles. The zero-order chi connectivity index (χ0) is 19.8. The number of nitrogens with one attached hydrogen (secondary N) is 1. The third-order valence-corrected chi connectivity index (χ3v) is 5.50. The van der Waals surface area contributed by atoms with E-state index in [4.69, 9.17) is 0 Å². The van der Waals surface area contributed by atoms with Crippen molar-refractivity contribution in [2.24, 2.45) is 0 Å². The van der Waals surface area contributed by atoms with Gasteiger partial charge in [-0.1, -0.05) is 17.4 Å². The molecule has 1 fully saturated rings. The highest BCUT2D eigenvalue weighted by Crippen LogP contribution is 2.31. The predicted molar refractivity (Wildman–Crippen MR) is 98.7 cm³/mol.